The molecule has 0 aliphatic carbocycles. The summed E-state index contributed by atoms with van der Waals surface area (Å²) in [5.41, 5.74) is 2.68. The number of carbonyl (C=O) groups is 1. The molecule has 0 atom stereocenters. The van der Waals surface area contributed by atoms with Crippen LogP contribution in [0.2, 0.25) is 0 Å². The van der Waals surface area contributed by atoms with Gasteiger partial charge in [0.2, 0.25) is 0 Å². The number of nitrogens with zero attached hydrogens (tertiary/aromatic N) is 3. The van der Waals surface area contributed by atoms with Crippen molar-refractivity contribution in [2.45, 2.75) is 26.2 Å². The summed E-state index contributed by atoms with van der Waals surface area (Å²) >= 11 is 0. The van der Waals surface area contributed by atoms with Crippen LogP contribution < -0.4 is 0 Å². The monoisotopic (exact) mass is 245 g/mol. The summed E-state index contributed by atoms with van der Waals surface area (Å²) in [4.78, 5) is 10.7. The summed E-state index contributed by atoms with van der Waals surface area (Å²) in [5.74, 6) is -0.888. The smallest absolute Gasteiger partial charge is 0.309 e. The molecule has 1 aromatic heterocycles. The average molecular weight is 245 g/mol. The molecule has 0 spiro atoms. The van der Waals surface area contributed by atoms with Gasteiger partial charge in [-0.2, -0.15) is 0 Å². The van der Waals surface area contributed by atoms with E-state index in [1.807, 2.05) is 24.3 Å². The molecule has 0 aliphatic rings. The molecule has 0 fully saturated rings. The molecule has 5 nitrogen and oxygen atoms in total. The molecular weight excluding hydrogens is 230 g/mol. The largest absolute Gasteiger partial charge is 0.481 e. The lowest BCUT2D eigenvalue weighted by Crippen LogP contribution is -2.08. The number of rotatable bonds is 5. The number of aryl methyl sites for hydroxylation is 1. The summed E-state index contributed by atoms with van der Waals surface area (Å²) in [5, 5.41) is 16.5. The van der Waals surface area contributed by atoms with Crippen LogP contribution in [0.4, 0.5) is 0 Å². The first-order valence-electron chi connectivity index (χ1n) is 5.91. The Morgan fingerprint density at radius 2 is 2.06 bits per heavy atom. The molecule has 0 unspecified atom stereocenters. The minimum Gasteiger partial charge on any atom is -0.481 e. The molecule has 0 saturated heterocycles. The van der Waals surface area contributed by atoms with Crippen LogP contribution in [0, 0.1) is 0 Å². The van der Waals surface area contributed by atoms with Gasteiger partial charge in [0.1, 0.15) is 0 Å². The van der Waals surface area contributed by atoms with E-state index in [2.05, 4.69) is 17.2 Å². The molecule has 0 saturated carbocycles. The first-order valence-corrected chi connectivity index (χ1v) is 5.91. The van der Waals surface area contributed by atoms with Crippen molar-refractivity contribution in [2.75, 3.05) is 0 Å². The zero-order valence-electron chi connectivity index (χ0n) is 10.2. The van der Waals surface area contributed by atoms with E-state index in [0.29, 0.717) is 5.69 Å². The molecule has 18 heavy (non-hydrogen) atoms. The average Bonchev–Trinajstić information content (AvgIpc) is 2.78. The van der Waals surface area contributed by atoms with E-state index < -0.39 is 5.97 Å². The molecule has 2 aromatic rings. The topological polar surface area (TPSA) is 68.0 Å². The Hall–Kier alpha value is -2.17. The Labute approximate surface area is 105 Å². The second-order valence-corrected chi connectivity index (χ2v) is 4.12. The fourth-order valence-corrected chi connectivity index (χ4v) is 1.84. The van der Waals surface area contributed by atoms with E-state index in [9.17, 15) is 4.79 Å². The van der Waals surface area contributed by atoms with Crippen molar-refractivity contribution in [3.05, 3.63) is 41.7 Å². The van der Waals surface area contributed by atoms with Crippen molar-refractivity contribution in [1.29, 1.82) is 0 Å². The molecule has 1 N–H and O–H groups in total. The van der Waals surface area contributed by atoms with E-state index in [4.69, 9.17) is 5.11 Å². The van der Waals surface area contributed by atoms with Gasteiger partial charge in [-0.25, -0.2) is 4.68 Å². The third-order valence-corrected chi connectivity index (χ3v) is 2.67. The predicted molar refractivity (Wildman–Crippen MR) is 66.7 cm³/mol. The van der Waals surface area contributed by atoms with Crippen molar-refractivity contribution < 1.29 is 9.90 Å². The van der Waals surface area contributed by atoms with Gasteiger partial charge in [-0.1, -0.05) is 30.7 Å². The summed E-state index contributed by atoms with van der Waals surface area (Å²) in [6.07, 6.45) is 3.55. The van der Waals surface area contributed by atoms with Crippen molar-refractivity contribution in [3.63, 3.8) is 0 Å². The van der Waals surface area contributed by atoms with Gasteiger partial charge in [0.05, 0.1) is 24.0 Å². The maximum atomic E-state index is 10.7. The van der Waals surface area contributed by atoms with Gasteiger partial charge in [-0.15, -0.1) is 5.10 Å². The maximum Gasteiger partial charge on any atom is 0.309 e. The van der Waals surface area contributed by atoms with E-state index in [1.165, 1.54) is 11.8 Å². The zero-order chi connectivity index (χ0) is 13.0. The molecule has 1 aromatic carbocycles. The van der Waals surface area contributed by atoms with Crippen LogP contribution in [-0.4, -0.2) is 26.1 Å². The summed E-state index contributed by atoms with van der Waals surface area (Å²) in [7, 11) is 0. The lowest BCUT2D eigenvalue weighted by atomic mass is 10.1. The van der Waals surface area contributed by atoms with Crippen LogP contribution in [0.15, 0.2) is 30.5 Å². The first-order chi connectivity index (χ1) is 8.70. The highest BCUT2D eigenvalue weighted by atomic mass is 16.4. The lowest BCUT2D eigenvalue weighted by Gasteiger charge is -2.05. The van der Waals surface area contributed by atoms with Crippen LogP contribution in [0.3, 0.4) is 0 Å². The molecule has 0 aliphatic heterocycles. The van der Waals surface area contributed by atoms with Gasteiger partial charge < -0.3 is 5.11 Å². The maximum absolute atomic E-state index is 10.7. The lowest BCUT2D eigenvalue weighted by molar-refractivity contribution is -0.136. The Kier molecular flexibility index (Phi) is 3.72. The van der Waals surface area contributed by atoms with Crippen LogP contribution in [-0.2, 0) is 17.6 Å². The Bertz CT molecular complexity index is 531. The van der Waals surface area contributed by atoms with Gasteiger partial charge in [0, 0.05) is 0 Å². The highest BCUT2D eigenvalue weighted by molar-refractivity contribution is 5.69. The minimum absolute atomic E-state index is 0.0797. The van der Waals surface area contributed by atoms with Crippen molar-refractivity contribution in [1.82, 2.24) is 15.0 Å². The third-order valence-electron chi connectivity index (χ3n) is 2.67. The fraction of sp³-hybridized carbons (Fsp3) is 0.308. The third kappa shape index (κ3) is 2.74. The standard InChI is InChI=1S/C13H15N3O2/c1-2-3-10-4-6-11(7-5-10)16-12(8-13(17)18)9-14-15-16/h4-7,9H,2-3,8H2,1H3,(H,17,18). The molecular formula is C13H15N3O2. The van der Waals surface area contributed by atoms with Crippen LogP contribution >= 0.6 is 0 Å². The molecule has 94 valence electrons. The number of carboxylic acid groups (broad SMARTS) is 1. The first kappa shape index (κ1) is 12.3. The second-order valence-electron chi connectivity index (χ2n) is 4.12. The van der Waals surface area contributed by atoms with E-state index in [-0.39, 0.29) is 6.42 Å². The van der Waals surface area contributed by atoms with Crippen molar-refractivity contribution in [2.24, 2.45) is 0 Å². The van der Waals surface area contributed by atoms with Crippen LogP contribution in [0.25, 0.3) is 5.69 Å². The van der Waals surface area contributed by atoms with Crippen molar-refractivity contribution >= 4 is 5.97 Å². The Balaban J connectivity index is 2.25. The SMILES string of the molecule is CCCc1ccc(-n2nncc2CC(=O)O)cc1. The van der Waals surface area contributed by atoms with E-state index >= 15 is 0 Å². The molecule has 1 heterocycles. The molecule has 0 radical (unpaired) electrons. The van der Waals surface area contributed by atoms with Gasteiger partial charge in [-0.3, -0.25) is 4.79 Å². The predicted octanol–water partition coefficient (Wildman–Crippen LogP) is 1.85. The molecule has 5 heteroatoms. The number of benzene rings is 1. The zero-order valence-corrected chi connectivity index (χ0v) is 10.2. The molecule has 0 amide bonds. The number of aliphatic carboxylic acids is 1. The molecule has 2 rings (SSSR count). The number of aromatic nitrogens is 3. The normalized spacial score (nSPS) is 10.5. The summed E-state index contributed by atoms with van der Waals surface area (Å²) in [6, 6.07) is 7.94. The second kappa shape index (κ2) is 5.44. The summed E-state index contributed by atoms with van der Waals surface area (Å²) in [6.45, 7) is 2.14. The number of hydrogen-bond donors (Lipinski definition) is 1. The van der Waals surface area contributed by atoms with E-state index in [0.717, 1.165) is 18.5 Å². The van der Waals surface area contributed by atoms with E-state index in [1.54, 1.807) is 4.68 Å². The fourth-order valence-electron chi connectivity index (χ4n) is 1.84. The highest BCUT2D eigenvalue weighted by Crippen LogP contribution is 2.12. The minimum atomic E-state index is -0.888. The Morgan fingerprint density at radius 1 is 1.33 bits per heavy atom. The van der Waals surface area contributed by atoms with Gasteiger partial charge in [0.15, 0.2) is 0 Å². The van der Waals surface area contributed by atoms with Crippen LogP contribution in [0.1, 0.15) is 24.6 Å². The number of carboxylic acids is 1. The highest BCUT2D eigenvalue weighted by Gasteiger charge is 2.09. The van der Waals surface area contributed by atoms with Crippen LogP contribution in [0.5, 0.6) is 0 Å². The summed E-state index contributed by atoms with van der Waals surface area (Å²) < 4.78 is 1.56. The van der Waals surface area contributed by atoms with Gasteiger partial charge in [-0.05, 0) is 24.1 Å². The molecule has 0 bridgehead atoms. The van der Waals surface area contributed by atoms with Gasteiger partial charge >= 0.3 is 5.97 Å². The quantitative estimate of drug-likeness (QED) is 0.872. The Morgan fingerprint density at radius 3 is 2.67 bits per heavy atom. The number of hydrogen-bond acceptors (Lipinski definition) is 3. The van der Waals surface area contributed by atoms with Crippen molar-refractivity contribution in [3.8, 4) is 5.69 Å². The van der Waals surface area contributed by atoms with Gasteiger partial charge in [0.25, 0.3) is 0 Å².